The Morgan fingerprint density at radius 3 is 2.52 bits per heavy atom. The van der Waals surface area contributed by atoms with Crippen LogP contribution in [0.5, 0.6) is 0 Å². The predicted octanol–water partition coefficient (Wildman–Crippen LogP) is 5.72. The standard InChI is InChI=1S/C22H24ClN3O2S/c1-4-8-19(21(27)28-5-2)29-22-25-24-20(17-9-6-7-10-18(17)23)26(22)16-13-11-15(3)12-14-16/h6-7,9-14,19H,4-5,8H2,1-3H3/t19-/m0/s1. The van der Waals surface area contributed by atoms with Gasteiger partial charge in [-0.05, 0) is 44.5 Å². The largest absolute Gasteiger partial charge is 0.465 e. The van der Waals surface area contributed by atoms with Crippen molar-refractivity contribution in [1.29, 1.82) is 0 Å². The number of nitrogens with zero attached hydrogens (tertiary/aromatic N) is 3. The molecule has 0 saturated heterocycles. The van der Waals surface area contributed by atoms with Crippen molar-refractivity contribution in [2.75, 3.05) is 6.61 Å². The molecule has 5 nitrogen and oxygen atoms in total. The number of carbonyl (C=O) groups is 1. The van der Waals surface area contributed by atoms with Crippen LogP contribution in [0.1, 0.15) is 32.3 Å². The molecule has 0 aliphatic heterocycles. The van der Waals surface area contributed by atoms with E-state index in [1.807, 2.05) is 73.9 Å². The van der Waals surface area contributed by atoms with E-state index in [1.54, 1.807) is 0 Å². The van der Waals surface area contributed by atoms with Crippen molar-refractivity contribution in [3.8, 4) is 17.1 Å². The van der Waals surface area contributed by atoms with E-state index in [0.717, 1.165) is 23.2 Å². The van der Waals surface area contributed by atoms with E-state index in [1.165, 1.54) is 11.8 Å². The summed E-state index contributed by atoms with van der Waals surface area (Å²) in [6, 6.07) is 15.7. The van der Waals surface area contributed by atoms with E-state index >= 15 is 0 Å². The minimum atomic E-state index is -0.340. The predicted molar refractivity (Wildman–Crippen MR) is 118 cm³/mol. The summed E-state index contributed by atoms with van der Waals surface area (Å²) in [6.45, 7) is 6.26. The molecular formula is C22H24ClN3O2S. The number of benzene rings is 2. The molecule has 1 atom stereocenters. The van der Waals surface area contributed by atoms with E-state index in [4.69, 9.17) is 16.3 Å². The molecule has 3 rings (SSSR count). The van der Waals surface area contributed by atoms with Gasteiger partial charge in [-0.2, -0.15) is 0 Å². The van der Waals surface area contributed by atoms with Crippen molar-refractivity contribution in [2.24, 2.45) is 0 Å². The molecule has 29 heavy (non-hydrogen) atoms. The highest BCUT2D eigenvalue weighted by atomic mass is 35.5. The number of aromatic nitrogens is 3. The smallest absolute Gasteiger partial charge is 0.319 e. The molecule has 1 heterocycles. The van der Waals surface area contributed by atoms with Crippen LogP contribution >= 0.6 is 23.4 Å². The zero-order chi connectivity index (χ0) is 20.8. The van der Waals surface area contributed by atoms with Gasteiger partial charge in [-0.15, -0.1) is 10.2 Å². The van der Waals surface area contributed by atoms with Gasteiger partial charge in [0.05, 0.1) is 11.6 Å². The van der Waals surface area contributed by atoms with Crippen LogP contribution in [0, 0.1) is 6.92 Å². The van der Waals surface area contributed by atoms with Gasteiger partial charge in [-0.25, -0.2) is 0 Å². The lowest BCUT2D eigenvalue weighted by molar-refractivity contribution is -0.142. The topological polar surface area (TPSA) is 57.0 Å². The summed E-state index contributed by atoms with van der Waals surface area (Å²) >= 11 is 7.82. The van der Waals surface area contributed by atoms with Crippen molar-refractivity contribution in [2.45, 2.75) is 44.0 Å². The molecule has 0 saturated carbocycles. The molecule has 0 radical (unpaired) electrons. The molecule has 7 heteroatoms. The lowest BCUT2D eigenvalue weighted by atomic mass is 10.2. The van der Waals surface area contributed by atoms with Crippen molar-refractivity contribution in [3.63, 3.8) is 0 Å². The first-order chi connectivity index (χ1) is 14.0. The second kappa shape index (κ2) is 9.94. The molecule has 0 amide bonds. The van der Waals surface area contributed by atoms with Crippen molar-refractivity contribution >= 4 is 29.3 Å². The number of ether oxygens (including phenoxy) is 1. The number of esters is 1. The highest BCUT2D eigenvalue weighted by molar-refractivity contribution is 8.00. The Morgan fingerprint density at radius 2 is 1.86 bits per heavy atom. The number of hydrogen-bond acceptors (Lipinski definition) is 5. The van der Waals surface area contributed by atoms with Crippen molar-refractivity contribution < 1.29 is 9.53 Å². The van der Waals surface area contributed by atoms with Gasteiger partial charge >= 0.3 is 5.97 Å². The fourth-order valence-corrected chi connectivity index (χ4v) is 4.32. The summed E-state index contributed by atoms with van der Waals surface area (Å²) in [6.07, 6.45) is 1.57. The maximum atomic E-state index is 12.4. The molecule has 0 aliphatic carbocycles. The quantitative estimate of drug-likeness (QED) is 0.338. The van der Waals surface area contributed by atoms with E-state index in [9.17, 15) is 4.79 Å². The third-order valence-corrected chi connectivity index (χ3v) is 5.91. The molecule has 0 spiro atoms. The van der Waals surface area contributed by atoms with Gasteiger partial charge in [0.15, 0.2) is 11.0 Å². The first-order valence-electron chi connectivity index (χ1n) is 9.65. The van der Waals surface area contributed by atoms with E-state index < -0.39 is 0 Å². The molecule has 0 aliphatic rings. The first-order valence-corrected chi connectivity index (χ1v) is 10.9. The monoisotopic (exact) mass is 429 g/mol. The zero-order valence-corrected chi connectivity index (χ0v) is 18.3. The number of halogens is 1. The Labute approximate surface area is 180 Å². The summed E-state index contributed by atoms with van der Waals surface area (Å²) < 4.78 is 7.21. The minimum absolute atomic E-state index is 0.225. The Bertz CT molecular complexity index is 972. The molecule has 1 aromatic heterocycles. The summed E-state index contributed by atoms with van der Waals surface area (Å²) in [4.78, 5) is 12.4. The van der Waals surface area contributed by atoms with Crippen molar-refractivity contribution in [3.05, 3.63) is 59.1 Å². The van der Waals surface area contributed by atoms with Gasteiger partial charge in [0.1, 0.15) is 5.25 Å². The molecule has 2 aromatic carbocycles. The lowest BCUT2D eigenvalue weighted by Gasteiger charge is -2.16. The molecular weight excluding hydrogens is 406 g/mol. The van der Waals surface area contributed by atoms with Crippen molar-refractivity contribution in [1.82, 2.24) is 14.8 Å². The average molecular weight is 430 g/mol. The SMILES string of the molecule is CCC[C@H](Sc1nnc(-c2ccccc2Cl)n1-c1ccc(C)cc1)C(=O)OCC. The summed E-state index contributed by atoms with van der Waals surface area (Å²) in [7, 11) is 0. The fourth-order valence-electron chi connectivity index (χ4n) is 2.94. The number of carbonyl (C=O) groups excluding carboxylic acids is 1. The van der Waals surface area contributed by atoms with Crippen LogP contribution in [0.2, 0.25) is 5.02 Å². The maximum absolute atomic E-state index is 12.4. The van der Waals surface area contributed by atoms with Crippen LogP contribution < -0.4 is 0 Å². The second-order valence-corrected chi connectivity index (χ2v) is 8.18. The average Bonchev–Trinajstić information content (AvgIpc) is 3.12. The van der Waals surface area contributed by atoms with Gasteiger partial charge in [0.2, 0.25) is 0 Å². The highest BCUT2D eigenvalue weighted by Crippen LogP contribution is 2.34. The van der Waals surface area contributed by atoms with Crippen LogP contribution in [-0.2, 0) is 9.53 Å². The Morgan fingerprint density at radius 1 is 1.14 bits per heavy atom. The van der Waals surface area contributed by atoms with E-state index in [2.05, 4.69) is 10.2 Å². The third-order valence-electron chi connectivity index (χ3n) is 4.39. The van der Waals surface area contributed by atoms with Crippen LogP contribution in [-0.4, -0.2) is 32.6 Å². The van der Waals surface area contributed by atoms with Gasteiger partial charge in [-0.3, -0.25) is 9.36 Å². The van der Waals surface area contributed by atoms with Crippen LogP contribution in [0.25, 0.3) is 17.1 Å². The van der Waals surface area contributed by atoms with E-state index in [0.29, 0.717) is 29.0 Å². The second-order valence-electron chi connectivity index (χ2n) is 6.60. The Balaban J connectivity index is 2.08. The van der Waals surface area contributed by atoms with Gasteiger partial charge in [0, 0.05) is 11.3 Å². The molecule has 3 aromatic rings. The lowest BCUT2D eigenvalue weighted by Crippen LogP contribution is -2.20. The molecule has 0 fully saturated rings. The summed E-state index contributed by atoms with van der Waals surface area (Å²) in [5.74, 6) is 0.415. The number of hydrogen-bond donors (Lipinski definition) is 0. The molecule has 0 N–H and O–H groups in total. The number of rotatable bonds is 8. The normalized spacial score (nSPS) is 12.0. The van der Waals surface area contributed by atoms with Crippen LogP contribution in [0.3, 0.4) is 0 Å². The molecule has 0 bridgehead atoms. The van der Waals surface area contributed by atoms with Gasteiger partial charge in [-0.1, -0.05) is 66.5 Å². The third kappa shape index (κ3) is 5.00. The number of thioether (sulfide) groups is 1. The van der Waals surface area contributed by atoms with E-state index in [-0.39, 0.29) is 11.2 Å². The number of aryl methyl sites for hydroxylation is 1. The van der Waals surface area contributed by atoms with Gasteiger partial charge in [0.25, 0.3) is 0 Å². The molecule has 152 valence electrons. The molecule has 0 unspecified atom stereocenters. The summed E-state index contributed by atoms with van der Waals surface area (Å²) in [5.41, 5.74) is 2.86. The Kier molecular flexibility index (Phi) is 7.34. The Hall–Kier alpha value is -2.31. The van der Waals surface area contributed by atoms with Crippen LogP contribution in [0.4, 0.5) is 0 Å². The van der Waals surface area contributed by atoms with Gasteiger partial charge < -0.3 is 4.74 Å². The fraction of sp³-hybridized carbons (Fsp3) is 0.318. The minimum Gasteiger partial charge on any atom is -0.465 e. The zero-order valence-electron chi connectivity index (χ0n) is 16.8. The first kappa shape index (κ1) is 21.4. The highest BCUT2D eigenvalue weighted by Gasteiger charge is 2.26. The summed E-state index contributed by atoms with van der Waals surface area (Å²) in [5, 5.41) is 9.72. The maximum Gasteiger partial charge on any atom is 0.319 e. The van der Waals surface area contributed by atoms with Crippen LogP contribution in [0.15, 0.2) is 53.7 Å².